The summed E-state index contributed by atoms with van der Waals surface area (Å²) >= 11 is 6.69. The number of pyridine rings is 1. The lowest BCUT2D eigenvalue weighted by Crippen LogP contribution is -1.89. The fourth-order valence-corrected chi connectivity index (χ4v) is 2.66. The number of halogens is 3. The van der Waals surface area contributed by atoms with E-state index in [4.69, 9.17) is 0 Å². The zero-order chi connectivity index (χ0) is 13.6. The largest absolute Gasteiger partial charge is 0.303 e. The van der Waals surface area contributed by atoms with E-state index in [1.54, 1.807) is 12.1 Å². The Morgan fingerprint density at radius 2 is 1.89 bits per heavy atom. The van der Waals surface area contributed by atoms with E-state index >= 15 is 0 Å². The van der Waals surface area contributed by atoms with E-state index in [1.165, 1.54) is 6.07 Å². The van der Waals surface area contributed by atoms with Gasteiger partial charge in [0, 0.05) is 21.9 Å². The van der Waals surface area contributed by atoms with E-state index in [-0.39, 0.29) is 5.82 Å². The lowest BCUT2D eigenvalue weighted by molar-refractivity contribution is 0.621. The Kier molecular flexibility index (Phi) is 3.19. The second kappa shape index (κ2) is 4.72. The van der Waals surface area contributed by atoms with Gasteiger partial charge in [0.05, 0.1) is 10.2 Å². The second-order valence-electron chi connectivity index (χ2n) is 4.25. The van der Waals surface area contributed by atoms with Gasteiger partial charge in [0.2, 0.25) is 0 Å². The average molecular weight is 384 g/mol. The van der Waals surface area contributed by atoms with Crippen molar-refractivity contribution in [3.63, 3.8) is 0 Å². The lowest BCUT2D eigenvalue weighted by Gasteiger charge is -2.00. The van der Waals surface area contributed by atoms with Crippen LogP contribution in [-0.2, 0) is 0 Å². The van der Waals surface area contributed by atoms with Gasteiger partial charge in [-0.2, -0.15) is 0 Å². The van der Waals surface area contributed by atoms with Crippen LogP contribution in [0.15, 0.2) is 45.5 Å². The number of rotatable bonds is 1. The summed E-state index contributed by atoms with van der Waals surface area (Å²) in [5.74, 6) is -0.272. The van der Waals surface area contributed by atoms with Crippen LogP contribution in [0, 0.1) is 12.7 Å². The Hall–Kier alpha value is -1.20. The highest BCUT2D eigenvalue weighted by molar-refractivity contribution is 9.10. The van der Waals surface area contributed by atoms with Gasteiger partial charge in [-0.15, -0.1) is 0 Å². The standard InChI is InChI=1S/C14H9Br2FN2/c1-8-10(15)3-5-14-18-13(7-19(8)14)9-2-4-12(17)11(16)6-9/h2-7H,1H3. The second-order valence-corrected chi connectivity index (χ2v) is 5.96. The molecular formula is C14H9Br2FN2. The van der Waals surface area contributed by atoms with Gasteiger partial charge in [0.1, 0.15) is 11.5 Å². The molecule has 0 aliphatic carbocycles. The maximum atomic E-state index is 13.3. The first-order valence-corrected chi connectivity index (χ1v) is 7.24. The highest BCUT2D eigenvalue weighted by Crippen LogP contribution is 2.26. The van der Waals surface area contributed by atoms with Gasteiger partial charge in [-0.05, 0) is 69.1 Å². The van der Waals surface area contributed by atoms with Crippen molar-refractivity contribution >= 4 is 37.5 Å². The van der Waals surface area contributed by atoms with Gasteiger partial charge < -0.3 is 4.40 Å². The Morgan fingerprint density at radius 3 is 2.63 bits per heavy atom. The van der Waals surface area contributed by atoms with Crippen molar-refractivity contribution in [2.24, 2.45) is 0 Å². The molecule has 0 radical (unpaired) electrons. The molecule has 96 valence electrons. The molecule has 3 rings (SSSR count). The van der Waals surface area contributed by atoms with Gasteiger partial charge in [-0.25, -0.2) is 9.37 Å². The predicted octanol–water partition coefficient (Wildman–Crippen LogP) is 4.97. The summed E-state index contributed by atoms with van der Waals surface area (Å²) in [5, 5.41) is 0. The Bertz CT molecular complexity index is 780. The summed E-state index contributed by atoms with van der Waals surface area (Å²) < 4.78 is 16.7. The highest BCUT2D eigenvalue weighted by Gasteiger charge is 2.09. The highest BCUT2D eigenvalue weighted by atomic mass is 79.9. The van der Waals surface area contributed by atoms with Crippen LogP contribution in [0.4, 0.5) is 4.39 Å². The van der Waals surface area contributed by atoms with Crippen molar-refractivity contribution in [2.75, 3.05) is 0 Å². The fourth-order valence-electron chi connectivity index (χ4n) is 1.96. The maximum absolute atomic E-state index is 13.3. The molecule has 0 bridgehead atoms. The number of aryl methyl sites for hydroxylation is 1. The van der Waals surface area contributed by atoms with Crippen LogP contribution in [0.25, 0.3) is 16.9 Å². The van der Waals surface area contributed by atoms with Crippen LogP contribution in [0.2, 0.25) is 0 Å². The Morgan fingerprint density at radius 1 is 1.11 bits per heavy atom. The number of aromatic nitrogens is 2. The van der Waals surface area contributed by atoms with Crippen LogP contribution in [0.1, 0.15) is 5.69 Å². The van der Waals surface area contributed by atoms with E-state index in [1.807, 2.05) is 29.7 Å². The van der Waals surface area contributed by atoms with Crippen molar-refractivity contribution in [1.29, 1.82) is 0 Å². The van der Waals surface area contributed by atoms with Crippen LogP contribution in [-0.4, -0.2) is 9.38 Å². The van der Waals surface area contributed by atoms with Crippen LogP contribution >= 0.6 is 31.9 Å². The summed E-state index contributed by atoms with van der Waals surface area (Å²) in [4.78, 5) is 4.55. The molecule has 1 aromatic carbocycles. The summed E-state index contributed by atoms with van der Waals surface area (Å²) in [7, 11) is 0. The summed E-state index contributed by atoms with van der Waals surface area (Å²) in [5.41, 5.74) is 3.66. The van der Waals surface area contributed by atoms with E-state index < -0.39 is 0 Å². The molecule has 0 spiro atoms. The molecule has 0 aliphatic heterocycles. The maximum Gasteiger partial charge on any atom is 0.137 e. The van der Waals surface area contributed by atoms with Crippen LogP contribution in [0.5, 0.6) is 0 Å². The zero-order valence-corrected chi connectivity index (χ0v) is 13.2. The van der Waals surface area contributed by atoms with Crippen molar-refractivity contribution < 1.29 is 4.39 Å². The normalized spacial score (nSPS) is 11.2. The van der Waals surface area contributed by atoms with Crippen molar-refractivity contribution in [1.82, 2.24) is 9.38 Å². The minimum absolute atomic E-state index is 0.272. The minimum atomic E-state index is -0.272. The SMILES string of the molecule is Cc1c(Br)ccc2nc(-c3ccc(F)c(Br)c3)cn12. The number of imidazole rings is 1. The smallest absolute Gasteiger partial charge is 0.137 e. The first kappa shape index (κ1) is 12.8. The fraction of sp³-hybridized carbons (Fsp3) is 0.0714. The molecular weight excluding hydrogens is 375 g/mol. The Labute approximate surface area is 126 Å². The van der Waals surface area contributed by atoms with Gasteiger partial charge in [0.25, 0.3) is 0 Å². The third-order valence-electron chi connectivity index (χ3n) is 3.03. The molecule has 0 N–H and O–H groups in total. The Balaban J connectivity index is 2.20. The van der Waals surface area contributed by atoms with Crippen molar-refractivity contribution in [3.05, 3.63) is 57.0 Å². The number of fused-ring (bicyclic) bond motifs is 1. The number of nitrogens with zero attached hydrogens (tertiary/aromatic N) is 2. The number of hydrogen-bond acceptors (Lipinski definition) is 1. The molecule has 2 nitrogen and oxygen atoms in total. The molecule has 0 atom stereocenters. The van der Waals surface area contributed by atoms with Crippen molar-refractivity contribution in [3.8, 4) is 11.3 Å². The topological polar surface area (TPSA) is 17.3 Å². The average Bonchev–Trinajstić information content (AvgIpc) is 2.82. The van der Waals surface area contributed by atoms with Crippen LogP contribution < -0.4 is 0 Å². The molecule has 0 saturated carbocycles. The molecule has 0 saturated heterocycles. The van der Waals surface area contributed by atoms with E-state index in [2.05, 4.69) is 36.8 Å². The minimum Gasteiger partial charge on any atom is -0.303 e. The van der Waals surface area contributed by atoms with Crippen molar-refractivity contribution in [2.45, 2.75) is 6.92 Å². The summed E-state index contributed by atoms with van der Waals surface area (Å²) in [6.07, 6.45) is 1.95. The van der Waals surface area contributed by atoms with Crippen LogP contribution in [0.3, 0.4) is 0 Å². The molecule has 0 amide bonds. The molecule has 5 heteroatoms. The van der Waals surface area contributed by atoms with Gasteiger partial charge in [-0.3, -0.25) is 0 Å². The monoisotopic (exact) mass is 382 g/mol. The molecule has 0 aliphatic rings. The predicted molar refractivity (Wildman–Crippen MR) is 80.7 cm³/mol. The molecule has 19 heavy (non-hydrogen) atoms. The summed E-state index contributed by atoms with van der Waals surface area (Å²) in [6, 6.07) is 8.82. The quantitative estimate of drug-likeness (QED) is 0.579. The molecule has 0 fully saturated rings. The third-order valence-corrected chi connectivity index (χ3v) is 4.48. The van der Waals surface area contributed by atoms with Gasteiger partial charge in [0.15, 0.2) is 0 Å². The number of hydrogen-bond donors (Lipinski definition) is 0. The zero-order valence-electron chi connectivity index (χ0n) is 9.99. The van der Waals surface area contributed by atoms with Gasteiger partial charge in [-0.1, -0.05) is 0 Å². The van der Waals surface area contributed by atoms with E-state index in [0.29, 0.717) is 4.47 Å². The first-order valence-electron chi connectivity index (χ1n) is 5.66. The molecule has 0 unspecified atom stereocenters. The lowest BCUT2D eigenvalue weighted by atomic mass is 10.2. The molecule has 2 aromatic heterocycles. The third kappa shape index (κ3) is 2.21. The summed E-state index contributed by atoms with van der Waals surface area (Å²) in [6.45, 7) is 2.02. The van der Waals surface area contributed by atoms with E-state index in [9.17, 15) is 4.39 Å². The van der Waals surface area contributed by atoms with E-state index in [0.717, 1.165) is 27.1 Å². The van der Waals surface area contributed by atoms with Gasteiger partial charge >= 0.3 is 0 Å². The molecule has 3 aromatic rings. The number of benzene rings is 1. The first-order chi connectivity index (χ1) is 9.06. The molecule has 2 heterocycles.